The SMILES string of the molecule is CCN1CCCC1Cc1cc(CO)no1. The normalized spacial score (nSPS) is 22.4. The van der Waals surface area contributed by atoms with E-state index in [9.17, 15) is 0 Å². The predicted octanol–water partition coefficient (Wildman–Crippen LogP) is 1.19. The third-order valence-electron chi connectivity index (χ3n) is 3.11. The molecule has 0 aliphatic carbocycles. The lowest BCUT2D eigenvalue weighted by molar-refractivity contribution is 0.244. The van der Waals surface area contributed by atoms with Gasteiger partial charge in [-0.05, 0) is 25.9 Å². The lowest BCUT2D eigenvalue weighted by Crippen LogP contribution is -2.30. The van der Waals surface area contributed by atoms with Crippen LogP contribution in [0.1, 0.15) is 31.2 Å². The average Bonchev–Trinajstić information content (AvgIpc) is 2.87. The molecule has 0 bridgehead atoms. The Balaban J connectivity index is 1.95. The zero-order valence-corrected chi connectivity index (χ0v) is 9.15. The van der Waals surface area contributed by atoms with E-state index in [1.54, 1.807) is 0 Å². The molecule has 1 saturated heterocycles. The van der Waals surface area contributed by atoms with E-state index in [1.807, 2.05) is 6.07 Å². The first-order chi connectivity index (χ1) is 7.33. The highest BCUT2D eigenvalue weighted by Crippen LogP contribution is 2.20. The molecular weight excluding hydrogens is 192 g/mol. The van der Waals surface area contributed by atoms with Crippen LogP contribution in [0.2, 0.25) is 0 Å². The molecule has 0 aromatic carbocycles. The Morgan fingerprint density at radius 3 is 3.20 bits per heavy atom. The highest BCUT2D eigenvalue weighted by molar-refractivity contribution is 5.06. The van der Waals surface area contributed by atoms with Crippen LogP contribution in [0.15, 0.2) is 10.6 Å². The van der Waals surface area contributed by atoms with Gasteiger partial charge in [0, 0.05) is 18.5 Å². The van der Waals surface area contributed by atoms with Gasteiger partial charge in [-0.3, -0.25) is 0 Å². The van der Waals surface area contributed by atoms with E-state index in [1.165, 1.54) is 19.4 Å². The number of likely N-dealkylation sites (tertiary alicyclic amines) is 1. The molecule has 1 aliphatic rings. The Morgan fingerprint density at radius 1 is 1.67 bits per heavy atom. The summed E-state index contributed by atoms with van der Waals surface area (Å²) in [6, 6.07) is 2.45. The van der Waals surface area contributed by atoms with Crippen molar-refractivity contribution in [1.82, 2.24) is 10.1 Å². The van der Waals surface area contributed by atoms with Crippen molar-refractivity contribution in [3.63, 3.8) is 0 Å². The van der Waals surface area contributed by atoms with E-state index in [0.717, 1.165) is 18.7 Å². The number of likely N-dealkylation sites (N-methyl/N-ethyl adjacent to an activating group) is 1. The zero-order valence-electron chi connectivity index (χ0n) is 9.15. The molecule has 1 aromatic rings. The van der Waals surface area contributed by atoms with Gasteiger partial charge in [0.05, 0.1) is 6.61 Å². The fourth-order valence-corrected chi connectivity index (χ4v) is 2.30. The maximum absolute atomic E-state index is 8.88. The van der Waals surface area contributed by atoms with Crippen molar-refractivity contribution in [3.8, 4) is 0 Å². The molecular formula is C11H18N2O2. The largest absolute Gasteiger partial charge is 0.390 e. The minimum absolute atomic E-state index is 0.0361. The molecule has 2 rings (SSSR count). The summed E-state index contributed by atoms with van der Waals surface area (Å²) < 4.78 is 5.17. The lowest BCUT2D eigenvalue weighted by Gasteiger charge is -2.21. The second-order valence-electron chi connectivity index (χ2n) is 4.07. The van der Waals surface area contributed by atoms with E-state index < -0.39 is 0 Å². The molecule has 0 saturated carbocycles. The van der Waals surface area contributed by atoms with Gasteiger partial charge in [-0.2, -0.15) is 0 Å². The topological polar surface area (TPSA) is 49.5 Å². The fourth-order valence-electron chi connectivity index (χ4n) is 2.30. The summed E-state index contributed by atoms with van der Waals surface area (Å²) in [6.45, 7) is 4.46. The zero-order chi connectivity index (χ0) is 10.7. The van der Waals surface area contributed by atoms with Crippen molar-refractivity contribution in [2.45, 2.75) is 38.8 Å². The van der Waals surface area contributed by atoms with Gasteiger partial charge in [0.25, 0.3) is 0 Å². The van der Waals surface area contributed by atoms with Crippen LogP contribution in [0.5, 0.6) is 0 Å². The van der Waals surface area contributed by atoms with Crippen molar-refractivity contribution in [1.29, 1.82) is 0 Å². The summed E-state index contributed by atoms with van der Waals surface area (Å²) >= 11 is 0. The first-order valence-corrected chi connectivity index (χ1v) is 5.63. The number of aliphatic hydroxyl groups is 1. The van der Waals surface area contributed by atoms with Gasteiger partial charge in [-0.25, -0.2) is 0 Å². The lowest BCUT2D eigenvalue weighted by atomic mass is 10.1. The van der Waals surface area contributed by atoms with Gasteiger partial charge in [-0.15, -0.1) is 0 Å². The van der Waals surface area contributed by atoms with Crippen molar-refractivity contribution < 1.29 is 9.63 Å². The minimum atomic E-state index is -0.0361. The summed E-state index contributed by atoms with van der Waals surface area (Å²) in [4.78, 5) is 2.47. The van der Waals surface area contributed by atoms with E-state index in [-0.39, 0.29) is 6.61 Å². The predicted molar refractivity (Wildman–Crippen MR) is 56.4 cm³/mol. The van der Waals surface area contributed by atoms with E-state index in [0.29, 0.717) is 11.7 Å². The summed E-state index contributed by atoms with van der Waals surface area (Å²) in [5, 5.41) is 12.7. The molecule has 1 fully saturated rings. The Bertz CT molecular complexity index is 311. The maximum Gasteiger partial charge on any atom is 0.138 e. The van der Waals surface area contributed by atoms with Crippen LogP contribution in [0.4, 0.5) is 0 Å². The molecule has 1 N–H and O–H groups in total. The minimum Gasteiger partial charge on any atom is -0.390 e. The number of aliphatic hydroxyl groups excluding tert-OH is 1. The second-order valence-corrected chi connectivity index (χ2v) is 4.07. The molecule has 15 heavy (non-hydrogen) atoms. The highest BCUT2D eigenvalue weighted by Gasteiger charge is 2.24. The Kier molecular flexibility index (Phi) is 3.38. The molecule has 2 heterocycles. The molecule has 0 radical (unpaired) electrons. The number of rotatable bonds is 4. The Morgan fingerprint density at radius 2 is 2.53 bits per heavy atom. The molecule has 4 heteroatoms. The molecule has 0 spiro atoms. The molecule has 1 unspecified atom stereocenters. The van der Waals surface area contributed by atoms with Gasteiger partial charge >= 0.3 is 0 Å². The average molecular weight is 210 g/mol. The summed E-state index contributed by atoms with van der Waals surface area (Å²) in [5.41, 5.74) is 0.631. The van der Waals surface area contributed by atoms with Crippen LogP contribution < -0.4 is 0 Å². The van der Waals surface area contributed by atoms with Crippen LogP contribution in [-0.4, -0.2) is 34.3 Å². The standard InChI is InChI=1S/C11H18N2O2/c1-2-13-5-3-4-10(13)7-11-6-9(8-14)12-15-11/h6,10,14H,2-5,7-8H2,1H3. The molecule has 4 nitrogen and oxygen atoms in total. The third kappa shape index (κ3) is 2.38. The van der Waals surface area contributed by atoms with Gasteiger partial charge in [0.15, 0.2) is 0 Å². The quantitative estimate of drug-likeness (QED) is 0.811. The van der Waals surface area contributed by atoms with Crippen molar-refractivity contribution >= 4 is 0 Å². The van der Waals surface area contributed by atoms with Gasteiger partial charge in [0.1, 0.15) is 11.5 Å². The molecule has 1 aliphatic heterocycles. The molecule has 0 amide bonds. The maximum atomic E-state index is 8.88. The second kappa shape index (κ2) is 4.77. The van der Waals surface area contributed by atoms with Gasteiger partial charge in [-0.1, -0.05) is 12.1 Å². The summed E-state index contributed by atoms with van der Waals surface area (Å²) in [7, 11) is 0. The van der Waals surface area contributed by atoms with Gasteiger partial charge in [0.2, 0.25) is 0 Å². The molecule has 1 atom stereocenters. The van der Waals surface area contributed by atoms with Crippen molar-refractivity contribution in [2.75, 3.05) is 13.1 Å². The molecule has 84 valence electrons. The monoisotopic (exact) mass is 210 g/mol. The first-order valence-electron chi connectivity index (χ1n) is 5.63. The third-order valence-corrected chi connectivity index (χ3v) is 3.11. The van der Waals surface area contributed by atoms with E-state index in [4.69, 9.17) is 9.63 Å². The Labute approximate surface area is 89.9 Å². The van der Waals surface area contributed by atoms with E-state index in [2.05, 4.69) is 17.0 Å². The highest BCUT2D eigenvalue weighted by atomic mass is 16.5. The number of hydrogen-bond donors (Lipinski definition) is 1. The van der Waals surface area contributed by atoms with Crippen LogP contribution >= 0.6 is 0 Å². The first kappa shape index (κ1) is 10.6. The van der Waals surface area contributed by atoms with Crippen molar-refractivity contribution in [2.24, 2.45) is 0 Å². The van der Waals surface area contributed by atoms with Crippen molar-refractivity contribution in [3.05, 3.63) is 17.5 Å². The number of nitrogens with zero attached hydrogens (tertiary/aromatic N) is 2. The smallest absolute Gasteiger partial charge is 0.138 e. The number of aromatic nitrogens is 1. The van der Waals surface area contributed by atoms with Crippen LogP contribution in [-0.2, 0) is 13.0 Å². The fraction of sp³-hybridized carbons (Fsp3) is 0.727. The summed E-state index contributed by atoms with van der Waals surface area (Å²) in [5.74, 6) is 0.893. The number of hydrogen-bond acceptors (Lipinski definition) is 4. The van der Waals surface area contributed by atoms with Gasteiger partial charge < -0.3 is 14.5 Å². The molecule has 1 aromatic heterocycles. The van der Waals surface area contributed by atoms with Crippen LogP contribution in [0, 0.1) is 0 Å². The van der Waals surface area contributed by atoms with E-state index >= 15 is 0 Å². The van der Waals surface area contributed by atoms with Crippen LogP contribution in [0.25, 0.3) is 0 Å². The van der Waals surface area contributed by atoms with Crippen LogP contribution in [0.3, 0.4) is 0 Å². The summed E-state index contributed by atoms with van der Waals surface area (Å²) in [6.07, 6.45) is 3.43. The Hall–Kier alpha value is -0.870.